The maximum absolute atomic E-state index is 12.0. The summed E-state index contributed by atoms with van der Waals surface area (Å²) in [6.07, 6.45) is 11.1. The molecule has 0 fully saturated rings. The molecule has 0 saturated carbocycles. The number of aromatic nitrogens is 1. The molecule has 0 bridgehead atoms. The van der Waals surface area contributed by atoms with E-state index in [9.17, 15) is 14.9 Å². The normalized spacial score (nSPS) is 10.9. The molecule has 0 radical (unpaired) electrons. The minimum Gasteiger partial charge on any atom is -0.434 e. The van der Waals surface area contributed by atoms with Crippen molar-refractivity contribution >= 4 is 22.7 Å². The first kappa shape index (κ1) is 24.6. The molecular formula is C24H34N2O5. The number of fused-ring (bicyclic) bond motifs is 1. The third-order valence-corrected chi connectivity index (χ3v) is 5.43. The largest absolute Gasteiger partial charge is 0.513 e. The molecule has 0 aliphatic heterocycles. The van der Waals surface area contributed by atoms with E-state index in [0.29, 0.717) is 10.9 Å². The number of nitrogens with zero attached hydrogens (tertiary/aromatic N) is 2. The summed E-state index contributed by atoms with van der Waals surface area (Å²) in [5.74, 6) is 0.290. The zero-order valence-electron chi connectivity index (χ0n) is 18.9. The van der Waals surface area contributed by atoms with Crippen molar-refractivity contribution < 1.29 is 19.2 Å². The van der Waals surface area contributed by atoms with Gasteiger partial charge in [0.15, 0.2) is 0 Å². The van der Waals surface area contributed by atoms with E-state index in [1.54, 1.807) is 13.0 Å². The molecule has 2 aromatic rings. The fourth-order valence-corrected chi connectivity index (χ4v) is 3.69. The number of carbonyl (C=O) groups excluding carboxylic acids is 1. The molecule has 0 unspecified atom stereocenters. The van der Waals surface area contributed by atoms with E-state index in [1.807, 2.05) is 6.92 Å². The summed E-state index contributed by atoms with van der Waals surface area (Å²) in [5, 5.41) is 11.6. The fourth-order valence-electron chi connectivity index (χ4n) is 3.69. The number of non-ortho nitro benzene ring substituents is 1. The fraction of sp³-hybridized carbons (Fsp3) is 0.583. The Balaban J connectivity index is 2.10. The van der Waals surface area contributed by atoms with Crippen LogP contribution in [0.5, 0.6) is 5.75 Å². The van der Waals surface area contributed by atoms with Crippen LogP contribution in [0.25, 0.3) is 10.9 Å². The highest BCUT2D eigenvalue weighted by Gasteiger charge is 2.19. The Morgan fingerprint density at radius 3 is 2.29 bits per heavy atom. The van der Waals surface area contributed by atoms with Gasteiger partial charge in [0, 0.05) is 23.4 Å². The van der Waals surface area contributed by atoms with Crippen molar-refractivity contribution in [3.8, 4) is 5.75 Å². The molecule has 7 nitrogen and oxygen atoms in total. The van der Waals surface area contributed by atoms with E-state index in [-0.39, 0.29) is 18.0 Å². The number of hydrogen-bond acceptors (Lipinski definition) is 6. The molecular weight excluding hydrogens is 396 g/mol. The van der Waals surface area contributed by atoms with Gasteiger partial charge in [-0.05, 0) is 32.8 Å². The maximum Gasteiger partial charge on any atom is 0.513 e. The first-order valence-electron chi connectivity index (χ1n) is 11.4. The van der Waals surface area contributed by atoms with Crippen LogP contribution in [-0.2, 0) is 11.2 Å². The number of benzene rings is 1. The molecule has 1 heterocycles. The van der Waals surface area contributed by atoms with Crippen molar-refractivity contribution in [2.45, 2.75) is 85.0 Å². The number of carbonyl (C=O) groups is 1. The summed E-state index contributed by atoms with van der Waals surface area (Å²) in [4.78, 5) is 27.4. The van der Waals surface area contributed by atoms with Gasteiger partial charge in [-0.3, -0.25) is 15.1 Å². The van der Waals surface area contributed by atoms with Crippen LogP contribution in [0.4, 0.5) is 10.5 Å². The second-order valence-corrected chi connectivity index (χ2v) is 7.83. The Morgan fingerprint density at radius 2 is 1.68 bits per heavy atom. The highest BCUT2D eigenvalue weighted by Crippen LogP contribution is 2.34. The molecule has 0 amide bonds. The van der Waals surface area contributed by atoms with Crippen LogP contribution in [0.15, 0.2) is 18.2 Å². The van der Waals surface area contributed by atoms with Gasteiger partial charge in [-0.1, -0.05) is 58.3 Å². The number of pyridine rings is 1. The molecule has 1 aromatic carbocycles. The minimum absolute atomic E-state index is 0.0749. The van der Waals surface area contributed by atoms with Crippen LogP contribution in [0.2, 0.25) is 0 Å². The molecule has 170 valence electrons. The zero-order valence-corrected chi connectivity index (χ0v) is 18.9. The number of ether oxygens (including phenoxy) is 2. The molecule has 2 rings (SSSR count). The van der Waals surface area contributed by atoms with Crippen molar-refractivity contribution in [3.05, 3.63) is 39.6 Å². The summed E-state index contributed by atoms with van der Waals surface area (Å²) in [5.41, 5.74) is 2.07. The van der Waals surface area contributed by atoms with Gasteiger partial charge in [-0.2, -0.15) is 0 Å². The quantitative estimate of drug-likeness (QED) is 0.146. The lowest BCUT2D eigenvalue weighted by Crippen LogP contribution is -2.12. The van der Waals surface area contributed by atoms with Crippen LogP contribution in [0, 0.1) is 17.0 Å². The lowest BCUT2D eigenvalue weighted by Gasteiger charge is -2.14. The molecule has 1 aromatic heterocycles. The van der Waals surface area contributed by atoms with Crippen molar-refractivity contribution in [2.75, 3.05) is 6.61 Å². The van der Waals surface area contributed by atoms with E-state index in [4.69, 9.17) is 14.5 Å². The Bertz CT molecular complexity index is 882. The number of nitro groups is 1. The molecule has 0 spiro atoms. The minimum atomic E-state index is -0.821. The first-order chi connectivity index (χ1) is 15.0. The Labute approximate surface area is 184 Å². The SMILES string of the molecule is CCCCCCCCCCCc1nc2ccc([N+](=O)[O-])cc2c(OC(=O)OCC)c1C. The molecule has 31 heavy (non-hydrogen) atoms. The highest BCUT2D eigenvalue weighted by atomic mass is 16.7. The molecule has 7 heteroatoms. The lowest BCUT2D eigenvalue weighted by atomic mass is 10.0. The molecule has 0 aliphatic rings. The third kappa shape index (κ3) is 7.49. The van der Waals surface area contributed by atoms with E-state index < -0.39 is 11.1 Å². The number of rotatable bonds is 13. The Kier molecular flexibility index (Phi) is 10.2. The van der Waals surface area contributed by atoms with Crippen LogP contribution in [-0.4, -0.2) is 22.7 Å². The van der Waals surface area contributed by atoms with E-state index in [0.717, 1.165) is 30.5 Å². The third-order valence-electron chi connectivity index (χ3n) is 5.43. The summed E-state index contributed by atoms with van der Waals surface area (Å²) in [7, 11) is 0. The van der Waals surface area contributed by atoms with Gasteiger partial charge in [0.2, 0.25) is 0 Å². The number of aryl methyl sites for hydroxylation is 1. The van der Waals surface area contributed by atoms with Gasteiger partial charge in [0.1, 0.15) is 5.75 Å². The van der Waals surface area contributed by atoms with Gasteiger partial charge in [0.25, 0.3) is 5.69 Å². The Morgan fingerprint density at radius 1 is 1.03 bits per heavy atom. The van der Waals surface area contributed by atoms with Gasteiger partial charge < -0.3 is 9.47 Å². The van der Waals surface area contributed by atoms with Gasteiger partial charge in [0.05, 0.1) is 22.4 Å². The average Bonchev–Trinajstić information content (AvgIpc) is 2.75. The lowest BCUT2D eigenvalue weighted by molar-refractivity contribution is -0.384. The van der Waals surface area contributed by atoms with E-state index >= 15 is 0 Å². The van der Waals surface area contributed by atoms with Crippen molar-refractivity contribution in [2.24, 2.45) is 0 Å². The van der Waals surface area contributed by atoms with Gasteiger partial charge >= 0.3 is 6.16 Å². The standard InChI is InChI=1S/C24H34N2O5/c1-4-6-7-8-9-10-11-12-13-14-21-18(3)23(31-24(27)30-5-2)20-17-19(26(28)29)15-16-22(20)25-21/h15-17H,4-14H2,1-3H3. The molecule has 0 N–H and O–H groups in total. The molecule has 0 aliphatic carbocycles. The van der Waals surface area contributed by atoms with Gasteiger partial charge in [-0.15, -0.1) is 0 Å². The molecule has 0 saturated heterocycles. The van der Waals surface area contributed by atoms with Crippen molar-refractivity contribution in [1.82, 2.24) is 4.98 Å². The second kappa shape index (κ2) is 12.9. The van der Waals surface area contributed by atoms with Crippen molar-refractivity contribution in [1.29, 1.82) is 0 Å². The van der Waals surface area contributed by atoms with Crippen LogP contribution in [0.1, 0.15) is 82.9 Å². The van der Waals surface area contributed by atoms with Crippen molar-refractivity contribution in [3.63, 3.8) is 0 Å². The topological polar surface area (TPSA) is 91.6 Å². The summed E-state index contributed by atoms with van der Waals surface area (Å²) < 4.78 is 10.4. The van der Waals surface area contributed by atoms with Gasteiger partial charge in [-0.25, -0.2) is 4.79 Å². The number of hydrogen-bond donors (Lipinski definition) is 0. The maximum atomic E-state index is 12.0. The summed E-state index contributed by atoms with van der Waals surface area (Å²) in [6, 6.07) is 4.41. The smallest absolute Gasteiger partial charge is 0.434 e. The second-order valence-electron chi connectivity index (χ2n) is 7.83. The number of unbranched alkanes of at least 4 members (excludes halogenated alkanes) is 8. The number of nitro benzene ring substituents is 1. The monoisotopic (exact) mass is 430 g/mol. The predicted molar refractivity (Wildman–Crippen MR) is 122 cm³/mol. The highest BCUT2D eigenvalue weighted by molar-refractivity contribution is 5.90. The Hall–Kier alpha value is -2.70. The van der Waals surface area contributed by atoms with E-state index in [2.05, 4.69) is 6.92 Å². The molecule has 0 atom stereocenters. The van der Waals surface area contributed by atoms with Crippen LogP contribution in [0.3, 0.4) is 0 Å². The first-order valence-corrected chi connectivity index (χ1v) is 11.4. The van der Waals surface area contributed by atoms with Crippen LogP contribution >= 0.6 is 0 Å². The summed E-state index contributed by atoms with van der Waals surface area (Å²) >= 11 is 0. The average molecular weight is 431 g/mol. The van der Waals surface area contributed by atoms with E-state index in [1.165, 1.54) is 57.1 Å². The predicted octanol–water partition coefficient (Wildman–Crippen LogP) is 7.06. The summed E-state index contributed by atoms with van der Waals surface area (Å²) in [6.45, 7) is 5.95. The zero-order chi connectivity index (χ0) is 22.6. The van der Waals surface area contributed by atoms with Crippen LogP contribution < -0.4 is 4.74 Å².